The van der Waals surface area contributed by atoms with Crippen LogP contribution in [0.15, 0.2) is 56.2 Å². The molecule has 7 heteroatoms. The molecule has 6 nitrogen and oxygen atoms in total. The lowest BCUT2D eigenvalue weighted by molar-refractivity contribution is -0.386. The topological polar surface area (TPSA) is 77.1 Å². The summed E-state index contributed by atoms with van der Waals surface area (Å²) in [5.41, 5.74) is -0.452. The molecular weight excluding hydrogens is 350 g/mol. The molecule has 1 aliphatic heterocycles. The summed E-state index contributed by atoms with van der Waals surface area (Å²) in [5, 5.41) is 12.6. The van der Waals surface area contributed by atoms with E-state index in [9.17, 15) is 10.1 Å². The van der Waals surface area contributed by atoms with E-state index < -0.39 is 5.66 Å². The van der Waals surface area contributed by atoms with Crippen LogP contribution >= 0.6 is 11.8 Å². The van der Waals surface area contributed by atoms with Gasteiger partial charge in [0, 0.05) is 15.9 Å². The molecule has 1 fully saturated rings. The standard InChI is InChI=1S/C19H19N3O3S/c1-25-13-5-7-14(8-6-13)26-16-10-9-15(22(23)24)17-18(16)21-19(20-17)11-3-2-4-12-19/h5-10H,2-4,11-12H2,1H3. The average molecular weight is 369 g/mol. The highest BCUT2D eigenvalue weighted by atomic mass is 32.2. The minimum atomic E-state index is -0.498. The lowest BCUT2D eigenvalue weighted by Crippen LogP contribution is -2.26. The van der Waals surface area contributed by atoms with Gasteiger partial charge in [-0.05, 0) is 56.0 Å². The van der Waals surface area contributed by atoms with Crippen molar-refractivity contribution in [2.45, 2.75) is 47.6 Å². The van der Waals surface area contributed by atoms with E-state index in [2.05, 4.69) is 0 Å². The largest absolute Gasteiger partial charge is 0.497 e. The monoisotopic (exact) mass is 369 g/mol. The molecular formula is C19H19N3O3S. The number of nitrogens with zero attached hydrogens (tertiary/aromatic N) is 3. The van der Waals surface area contributed by atoms with Gasteiger partial charge in [-0.2, -0.15) is 0 Å². The first-order valence-corrected chi connectivity index (χ1v) is 9.51. The van der Waals surface area contributed by atoms with E-state index in [-0.39, 0.29) is 10.6 Å². The molecule has 0 unspecified atom stereocenters. The number of fused-ring (bicyclic) bond motifs is 1. The van der Waals surface area contributed by atoms with E-state index in [4.69, 9.17) is 14.7 Å². The van der Waals surface area contributed by atoms with E-state index in [0.29, 0.717) is 10.7 Å². The summed E-state index contributed by atoms with van der Waals surface area (Å²) in [6, 6.07) is 11.1. The van der Waals surface area contributed by atoms with Crippen LogP contribution in [0.1, 0.15) is 32.1 Å². The second kappa shape index (κ2) is 6.72. The molecule has 1 heterocycles. The molecule has 0 amide bonds. The van der Waals surface area contributed by atoms with Crippen LogP contribution in [0, 0.1) is 10.1 Å². The SMILES string of the molecule is COc1ccc(Sc2ccc([N+](=O)[O-])c3c2=NC2(CCCCC2)N=3)cc1. The van der Waals surface area contributed by atoms with Crippen LogP contribution in [0.2, 0.25) is 0 Å². The predicted octanol–water partition coefficient (Wildman–Crippen LogP) is 3.67. The minimum Gasteiger partial charge on any atom is -0.497 e. The molecule has 1 spiro atoms. The van der Waals surface area contributed by atoms with Crippen molar-refractivity contribution in [2.24, 2.45) is 9.98 Å². The number of hydrogen-bond acceptors (Lipinski definition) is 6. The highest BCUT2D eigenvalue weighted by Gasteiger charge is 2.35. The van der Waals surface area contributed by atoms with Gasteiger partial charge in [0.05, 0.1) is 12.0 Å². The Labute approximate surface area is 155 Å². The molecule has 0 saturated heterocycles. The average Bonchev–Trinajstić information content (AvgIpc) is 3.01. The zero-order valence-corrected chi connectivity index (χ0v) is 15.3. The van der Waals surface area contributed by atoms with Crippen molar-refractivity contribution in [3.8, 4) is 5.75 Å². The van der Waals surface area contributed by atoms with E-state index in [1.165, 1.54) is 6.42 Å². The smallest absolute Gasteiger partial charge is 0.296 e. The Morgan fingerprint density at radius 1 is 1.04 bits per heavy atom. The van der Waals surface area contributed by atoms with Crippen molar-refractivity contribution < 1.29 is 9.66 Å². The highest BCUT2D eigenvalue weighted by Crippen LogP contribution is 2.35. The number of nitro groups is 1. The van der Waals surface area contributed by atoms with Gasteiger partial charge in [0.2, 0.25) is 0 Å². The molecule has 0 aromatic heterocycles. The van der Waals surface area contributed by atoms with Crippen LogP contribution < -0.4 is 15.5 Å². The Hall–Kier alpha value is -2.41. The fourth-order valence-electron chi connectivity index (χ4n) is 3.55. The van der Waals surface area contributed by atoms with Gasteiger partial charge in [-0.15, -0.1) is 0 Å². The van der Waals surface area contributed by atoms with Gasteiger partial charge >= 0.3 is 0 Å². The molecule has 4 rings (SSSR count). The second-order valence-corrected chi connectivity index (χ2v) is 7.70. The fourth-order valence-corrected chi connectivity index (χ4v) is 4.45. The van der Waals surface area contributed by atoms with Crippen molar-refractivity contribution in [2.75, 3.05) is 7.11 Å². The maximum absolute atomic E-state index is 11.5. The zero-order chi connectivity index (χ0) is 18.1. The van der Waals surface area contributed by atoms with E-state index in [0.717, 1.165) is 41.2 Å². The van der Waals surface area contributed by atoms with Gasteiger partial charge in [-0.25, -0.2) is 4.99 Å². The van der Waals surface area contributed by atoms with Crippen molar-refractivity contribution in [1.29, 1.82) is 0 Å². The maximum atomic E-state index is 11.5. The number of methoxy groups -OCH3 is 1. The molecule has 0 atom stereocenters. The first-order valence-electron chi connectivity index (χ1n) is 8.69. The van der Waals surface area contributed by atoms with Gasteiger partial charge < -0.3 is 4.74 Å². The highest BCUT2D eigenvalue weighted by molar-refractivity contribution is 7.99. The number of ether oxygens (including phenoxy) is 1. The lowest BCUT2D eigenvalue weighted by Gasteiger charge is -2.27. The minimum absolute atomic E-state index is 0.0466. The van der Waals surface area contributed by atoms with Crippen LogP contribution in [0.4, 0.5) is 5.69 Å². The number of rotatable bonds is 4. The lowest BCUT2D eigenvalue weighted by atomic mass is 9.90. The van der Waals surface area contributed by atoms with Crippen molar-refractivity contribution in [3.63, 3.8) is 0 Å². The van der Waals surface area contributed by atoms with Crippen LogP contribution in [-0.2, 0) is 0 Å². The molecule has 2 aliphatic rings. The van der Waals surface area contributed by atoms with Crippen molar-refractivity contribution >= 4 is 17.4 Å². The Morgan fingerprint density at radius 3 is 2.38 bits per heavy atom. The first-order chi connectivity index (χ1) is 12.6. The molecule has 0 bridgehead atoms. The van der Waals surface area contributed by atoms with E-state index in [1.807, 2.05) is 24.3 Å². The van der Waals surface area contributed by atoms with Crippen LogP contribution in [0.3, 0.4) is 0 Å². The Kier molecular flexibility index (Phi) is 4.40. The molecule has 26 heavy (non-hydrogen) atoms. The third-order valence-electron chi connectivity index (χ3n) is 4.87. The number of non-ortho nitro benzene ring substituents is 1. The summed E-state index contributed by atoms with van der Waals surface area (Å²) in [7, 11) is 1.63. The molecule has 0 N–H and O–H groups in total. The summed E-state index contributed by atoms with van der Waals surface area (Å²) < 4.78 is 5.19. The molecule has 134 valence electrons. The first kappa shape index (κ1) is 17.0. The molecule has 1 saturated carbocycles. The predicted molar refractivity (Wildman–Crippen MR) is 98.3 cm³/mol. The number of nitro benzene ring substituents is 1. The third-order valence-corrected chi connectivity index (χ3v) is 5.93. The Bertz CT molecular complexity index is 967. The van der Waals surface area contributed by atoms with Crippen LogP contribution in [0.25, 0.3) is 0 Å². The number of benzene rings is 2. The van der Waals surface area contributed by atoms with Gasteiger partial charge in [0.25, 0.3) is 5.69 Å². The summed E-state index contributed by atoms with van der Waals surface area (Å²) in [4.78, 5) is 22.7. The quantitative estimate of drug-likeness (QED) is 0.609. The van der Waals surface area contributed by atoms with Crippen molar-refractivity contribution in [3.05, 3.63) is 57.2 Å². The second-order valence-electron chi connectivity index (χ2n) is 6.58. The molecule has 2 aromatic rings. The van der Waals surface area contributed by atoms with Crippen molar-refractivity contribution in [1.82, 2.24) is 0 Å². The summed E-state index contributed by atoms with van der Waals surface area (Å²) in [5.74, 6) is 0.795. The third kappa shape index (κ3) is 3.07. The summed E-state index contributed by atoms with van der Waals surface area (Å²) in [6.45, 7) is 0. The van der Waals surface area contributed by atoms with Gasteiger partial charge in [-0.3, -0.25) is 15.1 Å². The van der Waals surface area contributed by atoms with Crippen LogP contribution in [-0.4, -0.2) is 17.7 Å². The van der Waals surface area contributed by atoms with E-state index in [1.54, 1.807) is 31.0 Å². The maximum Gasteiger partial charge on any atom is 0.296 e. The molecule has 2 aromatic carbocycles. The molecule has 0 radical (unpaired) electrons. The van der Waals surface area contributed by atoms with Gasteiger partial charge in [0.1, 0.15) is 11.1 Å². The van der Waals surface area contributed by atoms with Crippen LogP contribution in [0.5, 0.6) is 5.75 Å². The van der Waals surface area contributed by atoms with Gasteiger partial charge in [-0.1, -0.05) is 18.2 Å². The van der Waals surface area contributed by atoms with Gasteiger partial charge in [0.15, 0.2) is 11.0 Å². The van der Waals surface area contributed by atoms with E-state index >= 15 is 0 Å². The fraction of sp³-hybridized carbons (Fsp3) is 0.368. The molecule has 1 aliphatic carbocycles. The Morgan fingerprint density at radius 2 is 1.73 bits per heavy atom. The number of hydrogen-bond donors (Lipinski definition) is 0. The summed E-state index contributed by atoms with van der Waals surface area (Å²) >= 11 is 1.55. The normalized spacial score (nSPS) is 17.3. The Balaban J connectivity index is 1.79. The summed E-state index contributed by atoms with van der Waals surface area (Å²) in [6.07, 6.45) is 5.04. The zero-order valence-electron chi connectivity index (χ0n) is 14.5.